The van der Waals surface area contributed by atoms with E-state index >= 15 is 0 Å². The van der Waals surface area contributed by atoms with Crippen LogP contribution in [0.25, 0.3) is 0 Å². The molecule has 0 atom stereocenters. The number of nitrogens with zero attached hydrogens (tertiary/aromatic N) is 1. The average molecular weight is 262 g/mol. The van der Waals surface area contributed by atoms with Crippen LogP contribution in [0, 0.1) is 0 Å². The molecule has 19 heavy (non-hydrogen) atoms. The summed E-state index contributed by atoms with van der Waals surface area (Å²) in [5, 5.41) is 3.34. The van der Waals surface area contributed by atoms with Gasteiger partial charge in [0.15, 0.2) is 0 Å². The Bertz CT molecular complexity index is 408. The molecule has 0 bridgehead atoms. The molecule has 1 aromatic heterocycles. The molecule has 1 N–H and O–H groups in total. The fourth-order valence-electron chi connectivity index (χ4n) is 1.64. The van der Waals surface area contributed by atoms with Gasteiger partial charge in [-0.05, 0) is 24.6 Å². The average Bonchev–Trinajstić information content (AvgIpc) is 2.35. The Morgan fingerprint density at radius 3 is 2.68 bits per heavy atom. The molecule has 0 unspecified atom stereocenters. The largest absolute Gasteiger partial charge is 0.477 e. The van der Waals surface area contributed by atoms with Gasteiger partial charge in [0.2, 0.25) is 5.88 Å². The molecule has 0 aromatic carbocycles. The molecule has 0 amide bonds. The van der Waals surface area contributed by atoms with Gasteiger partial charge in [0, 0.05) is 18.0 Å². The summed E-state index contributed by atoms with van der Waals surface area (Å²) in [6.45, 7) is 14.7. The normalized spacial score (nSPS) is 11.4. The summed E-state index contributed by atoms with van der Waals surface area (Å²) in [5.41, 5.74) is 2.31. The Hall–Kier alpha value is -1.35. The molecule has 1 heterocycles. The van der Waals surface area contributed by atoms with E-state index in [0.717, 1.165) is 25.2 Å². The third-order valence-electron chi connectivity index (χ3n) is 2.78. The van der Waals surface area contributed by atoms with Gasteiger partial charge in [-0.25, -0.2) is 4.98 Å². The maximum Gasteiger partial charge on any atom is 0.213 e. The SMILES string of the molecule is C=CCCOc1cc(CNCC)cc(C(C)(C)C)n1. The predicted octanol–water partition coefficient (Wildman–Crippen LogP) is 3.44. The molecule has 106 valence electrons. The smallest absolute Gasteiger partial charge is 0.213 e. The molecule has 0 radical (unpaired) electrons. The zero-order valence-corrected chi connectivity index (χ0v) is 12.6. The summed E-state index contributed by atoms with van der Waals surface area (Å²) in [6, 6.07) is 4.17. The van der Waals surface area contributed by atoms with Crippen molar-refractivity contribution in [3.8, 4) is 5.88 Å². The Balaban J connectivity index is 2.91. The van der Waals surface area contributed by atoms with E-state index in [1.54, 1.807) is 0 Å². The minimum atomic E-state index is 0.0266. The van der Waals surface area contributed by atoms with Gasteiger partial charge in [-0.2, -0.15) is 0 Å². The minimum Gasteiger partial charge on any atom is -0.477 e. The van der Waals surface area contributed by atoms with Crippen LogP contribution in [-0.4, -0.2) is 18.1 Å². The van der Waals surface area contributed by atoms with Gasteiger partial charge in [0.05, 0.1) is 12.3 Å². The van der Waals surface area contributed by atoms with Gasteiger partial charge in [-0.1, -0.05) is 33.8 Å². The van der Waals surface area contributed by atoms with Crippen molar-refractivity contribution in [2.24, 2.45) is 0 Å². The number of rotatable bonds is 7. The fourth-order valence-corrected chi connectivity index (χ4v) is 1.64. The van der Waals surface area contributed by atoms with Crippen LogP contribution in [-0.2, 0) is 12.0 Å². The highest BCUT2D eigenvalue weighted by Crippen LogP contribution is 2.24. The number of hydrogen-bond acceptors (Lipinski definition) is 3. The van der Waals surface area contributed by atoms with E-state index in [2.05, 4.69) is 50.6 Å². The van der Waals surface area contributed by atoms with Crippen molar-refractivity contribution < 1.29 is 4.74 Å². The highest BCUT2D eigenvalue weighted by Gasteiger charge is 2.17. The van der Waals surface area contributed by atoms with Crippen LogP contribution in [0.3, 0.4) is 0 Å². The molecule has 0 spiro atoms. The van der Waals surface area contributed by atoms with E-state index in [-0.39, 0.29) is 5.41 Å². The fraction of sp³-hybridized carbons (Fsp3) is 0.562. The van der Waals surface area contributed by atoms with Crippen LogP contribution in [0.15, 0.2) is 24.8 Å². The van der Waals surface area contributed by atoms with Crippen molar-refractivity contribution in [3.63, 3.8) is 0 Å². The summed E-state index contributed by atoms with van der Waals surface area (Å²) in [6.07, 6.45) is 2.69. The zero-order valence-electron chi connectivity index (χ0n) is 12.6. The standard InChI is InChI=1S/C16H26N2O/c1-6-8-9-19-15-11-13(12-17-7-2)10-14(18-15)16(3,4)5/h6,10-11,17H,1,7-9,12H2,2-5H3. The molecular weight excluding hydrogens is 236 g/mol. The second-order valence-electron chi connectivity index (χ2n) is 5.66. The van der Waals surface area contributed by atoms with Crippen LogP contribution in [0.4, 0.5) is 0 Å². The highest BCUT2D eigenvalue weighted by atomic mass is 16.5. The second-order valence-corrected chi connectivity index (χ2v) is 5.66. The first-order valence-electron chi connectivity index (χ1n) is 6.93. The lowest BCUT2D eigenvalue weighted by Crippen LogP contribution is -2.17. The van der Waals surface area contributed by atoms with E-state index in [0.29, 0.717) is 12.5 Å². The van der Waals surface area contributed by atoms with Crippen molar-refractivity contribution >= 4 is 0 Å². The molecule has 1 rings (SSSR count). The molecule has 0 fully saturated rings. The molecule has 0 aliphatic carbocycles. The lowest BCUT2D eigenvalue weighted by atomic mass is 9.91. The van der Waals surface area contributed by atoms with Crippen LogP contribution < -0.4 is 10.1 Å². The van der Waals surface area contributed by atoms with Crippen LogP contribution in [0.2, 0.25) is 0 Å². The lowest BCUT2D eigenvalue weighted by Gasteiger charge is -2.20. The lowest BCUT2D eigenvalue weighted by molar-refractivity contribution is 0.309. The van der Waals surface area contributed by atoms with Crippen molar-refractivity contribution in [1.29, 1.82) is 0 Å². The third kappa shape index (κ3) is 5.43. The summed E-state index contributed by atoms with van der Waals surface area (Å²) >= 11 is 0. The van der Waals surface area contributed by atoms with Crippen molar-refractivity contribution in [2.75, 3.05) is 13.2 Å². The maximum atomic E-state index is 5.69. The Labute approximate surface area is 117 Å². The van der Waals surface area contributed by atoms with E-state index in [4.69, 9.17) is 4.74 Å². The van der Waals surface area contributed by atoms with Crippen LogP contribution >= 0.6 is 0 Å². The zero-order chi connectivity index (χ0) is 14.3. The number of pyridine rings is 1. The minimum absolute atomic E-state index is 0.0266. The first-order chi connectivity index (χ1) is 8.97. The molecule has 0 saturated heterocycles. The topological polar surface area (TPSA) is 34.1 Å². The van der Waals surface area contributed by atoms with Gasteiger partial charge in [0.25, 0.3) is 0 Å². The van der Waals surface area contributed by atoms with Crippen LogP contribution in [0.5, 0.6) is 5.88 Å². The summed E-state index contributed by atoms with van der Waals surface area (Å²) in [4.78, 5) is 4.60. The van der Waals surface area contributed by atoms with Gasteiger partial charge in [-0.3, -0.25) is 0 Å². The molecule has 3 heteroatoms. The molecule has 3 nitrogen and oxygen atoms in total. The number of aromatic nitrogens is 1. The van der Waals surface area contributed by atoms with Gasteiger partial charge < -0.3 is 10.1 Å². The Morgan fingerprint density at radius 2 is 2.11 bits per heavy atom. The molecule has 0 saturated carbocycles. The number of hydrogen-bond donors (Lipinski definition) is 1. The quantitative estimate of drug-likeness (QED) is 0.604. The van der Waals surface area contributed by atoms with E-state index < -0.39 is 0 Å². The summed E-state index contributed by atoms with van der Waals surface area (Å²) < 4.78 is 5.69. The number of nitrogens with one attached hydrogen (secondary N) is 1. The Kier molecular flexibility index (Phi) is 6.03. The van der Waals surface area contributed by atoms with Crippen molar-refractivity contribution in [2.45, 2.75) is 46.1 Å². The number of ether oxygens (including phenoxy) is 1. The van der Waals surface area contributed by atoms with Crippen molar-refractivity contribution in [1.82, 2.24) is 10.3 Å². The molecule has 0 aliphatic heterocycles. The van der Waals surface area contributed by atoms with E-state index in [9.17, 15) is 0 Å². The third-order valence-corrected chi connectivity index (χ3v) is 2.78. The van der Waals surface area contributed by atoms with Gasteiger partial charge >= 0.3 is 0 Å². The van der Waals surface area contributed by atoms with Crippen molar-refractivity contribution in [3.05, 3.63) is 36.0 Å². The summed E-state index contributed by atoms with van der Waals surface area (Å²) in [7, 11) is 0. The molecule has 0 aliphatic rings. The van der Waals surface area contributed by atoms with E-state index in [1.807, 2.05) is 12.1 Å². The second kappa shape index (κ2) is 7.29. The Morgan fingerprint density at radius 1 is 1.37 bits per heavy atom. The van der Waals surface area contributed by atoms with Gasteiger partial charge in [-0.15, -0.1) is 6.58 Å². The highest BCUT2D eigenvalue weighted by molar-refractivity contribution is 5.28. The molecular formula is C16H26N2O. The first-order valence-corrected chi connectivity index (χ1v) is 6.93. The maximum absolute atomic E-state index is 5.69. The van der Waals surface area contributed by atoms with Crippen LogP contribution in [0.1, 0.15) is 45.4 Å². The predicted molar refractivity (Wildman–Crippen MR) is 80.6 cm³/mol. The monoisotopic (exact) mass is 262 g/mol. The van der Waals surface area contributed by atoms with Gasteiger partial charge in [0.1, 0.15) is 0 Å². The first kappa shape index (κ1) is 15.7. The molecule has 1 aromatic rings. The summed E-state index contributed by atoms with van der Waals surface area (Å²) in [5.74, 6) is 0.710. The van der Waals surface area contributed by atoms with E-state index in [1.165, 1.54) is 5.56 Å².